The lowest BCUT2D eigenvalue weighted by molar-refractivity contribution is -0.143. The quantitative estimate of drug-likeness (QED) is 0.194. The van der Waals surface area contributed by atoms with E-state index in [9.17, 15) is 9.59 Å². The molecule has 146 valence electrons. The third-order valence-corrected chi connectivity index (χ3v) is 3.74. The first-order valence-corrected chi connectivity index (χ1v) is 8.65. The molecule has 1 rings (SSSR count). The molecule has 1 aliphatic heterocycles. The zero-order chi connectivity index (χ0) is 17.8. The fraction of sp³-hybridized carbons (Fsp3) is 0.812. The topological polar surface area (TPSA) is 92.3 Å². The number of nitrogens with one attached hydrogen (secondary N) is 2. The van der Waals surface area contributed by atoms with Gasteiger partial charge in [0, 0.05) is 39.1 Å². The maximum absolute atomic E-state index is 11.7. The molecule has 9 heteroatoms. The van der Waals surface area contributed by atoms with E-state index in [1.165, 1.54) is 0 Å². The molecule has 1 heterocycles. The van der Waals surface area contributed by atoms with Gasteiger partial charge in [-0.2, -0.15) is 0 Å². The standard InChI is InChI=1S/C16H30N4O4.HI/c1-4-23-14(21)7-6-10-18-15(17-3)19-13-8-11-20(12-9-13)16(22)24-5-2;/h13H,4-12H2,1-3H3,(H2,17,18,19);1H. The highest BCUT2D eigenvalue weighted by Crippen LogP contribution is 2.11. The molecule has 0 bridgehead atoms. The molecule has 0 spiro atoms. The number of likely N-dealkylation sites (tertiary alicyclic amines) is 1. The molecule has 2 N–H and O–H groups in total. The van der Waals surface area contributed by atoms with Crippen molar-refractivity contribution in [1.29, 1.82) is 0 Å². The summed E-state index contributed by atoms with van der Waals surface area (Å²) in [6.45, 7) is 6.44. The maximum atomic E-state index is 11.7. The molecule has 0 atom stereocenters. The van der Waals surface area contributed by atoms with Crippen LogP contribution in [0.2, 0.25) is 0 Å². The predicted octanol–water partition coefficient (Wildman–Crippen LogP) is 1.73. The van der Waals surface area contributed by atoms with E-state index in [1.54, 1.807) is 18.9 Å². The van der Waals surface area contributed by atoms with Gasteiger partial charge in [0.2, 0.25) is 0 Å². The van der Waals surface area contributed by atoms with Crippen LogP contribution in [0.15, 0.2) is 4.99 Å². The Morgan fingerprint density at radius 1 is 1.16 bits per heavy atom. The van der Waals surface area contributed by atoms with Crippen molar-refractivity contribution in [2.45, 2.75) is 45.6 Å². The number of rotatable bonds is 7. The molecule has 8 nitrogen and oxygen atoms in total. The van der Waals surface area contributed by atoms with Crippen molar-refractivity contribution in [2.24, 2.45) is 4.99 Å². The average Bonchev–Trinajstić information content (AvgIpc) is 2.58. The molecule has 0 saturated carbocycles. The van der Waals surface area contributed by atoms with Gasteiger partial charge in [-0.1, -0.05) is 0 Å². The molecule has 1 saturated heterocycles. The number of hydrogen-bond donors (Lipinski definition) is 2. The molecular formula is C16H31IN4O4. The van der Waals surface area contributed by atoms with Crippen LogP contribution >= 0.6 is 24.0 Å². The summed E-state index contributed by atoms with van der Waals surface area (Å²) in [6.07, 6.45) is 2.55. The molecule has 1 amide bonds. The number of carbonyl (C=O) groups is 2. The van der Waals surface area contributed by atoms with Crippen molar-refractivity contribution in [3.63, 3.8) is 0 Å². The van der Waals surface area contributed by atoms with Gasteiger partial charge in [0.05, 0.1) is 13.2 Å². The molecule has 0 radical (unpaired) electrons. The first-order chi connectivity index (χ1) is 11.6. The van der Waals surface area contributed by atoms with E-state index in [1.807, 2.05) is 6.92 Å². The Morgan fingerprint density at radius 3 is 2.36 bits per heavy atom. The van der Waals surface area contributed by atoms with E-state index in [0.717, 1.165) is 12.8 Å². The van der Waals surface area contributed by atoms with E-state index in [0.29, 0.717) is 51.6 Å². The van der Waals surface area contributed by atoms with Crippen LogP contribution in [-0.4, -0.2) is 68.9 Å². The number of ether oxygens (including phenoxy) is 2. The minimum atomic E-state index is -0.238. The van der Waals surface area contributed by atoms with Gasteiger partial charge in [0.1, 0.15) is 0 Å². The molecule has 0 aromatic carbocycles. The van der Waals surface area contributed by atoms with Gasteiger partial charge in [-0.3, -0.25) is 9.79 Å². The number of hydrogen-bond acceptors (Lipinski definition) is 5. The fourth-order valence-corrected chi connectivity index (χ4v) is 2.48. The van der Waals surface area contributed by atoms with E-state index in [4.69, 9.17) is 9.47 Å². The zero-order valence-corrected chi connectivity index (χ0v) is 17.7. The number of amides is 1. The lowest BCUT2D eigenvalue weighted by Gasteiger charge is -2.32. The van der Waals surface area contributed by atoms with Crippen LogP contribution in [-0.2, 0) is 14.3 Å². The molecule has 25 heavy (non-hydrogen) atoms. The Labute approximate surface area is 167 Å². The lowest BCUT2D eigenvalue weighted by Crippen LogP contribution is -2.50. The Morgan fingerprint density at radius 2 is 1.80 bits per heavy atom. The van der Waals surface area contributed by atoms with Crippen molar-refractivity contribution in [3.8, 4) is 0 Å². The molecule has 0 unspecified atom stereocenters. The molecule has 0 aromatic rings. The summed E-state index contributed by atoms with van der Waals surface area (Å²) < 4.78 is 9.90. The van der Waals surface area contributed by atoms with Crippen LogP contribution < -0.4 is 10.6 Å². The third kappa shape index (κ3) is 9.71. The van der Waals surface area contributed by atoms with Crippen molar-refractivity contribution in [2.75, 3.05) is 39.9 Å². The zero-order valence-electron chi connectivity index (χ0n) is 15.4. The van der Waals surface area contributed by atoms with Gasteiger partial charge in [0.15, 0.2) is 5.96 Å². The Balaban J connectivity index is 0.00000576. The number of esters is 1. The minimum absolute atomic E-state index is 0. The summed E-state index contributed by atoms with van der Waals surface area (Å²) >= 11 is 0. The highest BCUT2D eigenvalue weighted by atomic mass is 127. The monoisotopic (exact) mass is 470 g/mol. The largest absolute Gasteiger partial charge is 0.466 e. The molecular weight excluding hydrogens is 439 g/mol. The highest BCUT2D eigenvalue weighted by molar-refractivity contribution is 14.0. The Kier molecular flexibility index (Phi) is 13.3. The summed E-state index contributed by atoms with van der Waals surface area (Å²) in [5.41, 5.74) is 0. The van der Waals surface area contributed by atoms with E-state index in [-0.39, 0.29) is 42.1 Å². The number of piperidine rings is 1. The normalized spacial score (nSPS) is 15.2. The highest BCUT2D eigenvalue weighted by Gasteiger charge is 2.23. The van der Waals surface area contributed by atoms with Gasteiger partial charge in [0.25, 0.3) is 0 Å². The van der Waals surface area contributed by atoms with Crippen LogP contribution in [0.1, 0.15) is 39.5 Å². The van der Waals surface area contributed by atoms with Crippen LogP contribution in [0, 0.1) is 0 Å². The smallest absolute Gasteiger partial charge is 0.409 e. The van der Waals surface area contributed by atoms with Crippen molar-refractivity contribution >= 4 is 42.0 Å². The minimum Gasteiger partial charge on any atom is -0.466 e. The van der Waals surface area contributed by atoms with Gasteiger partial charge in [-0.05, 0) is 33.1 Å². The number of guanidine groups is 1. The van der Waals surface area contributed by atoms with Crippen molar-refractivity contribution < 1.29 is 19.1 Å². The van der Waals surface area contributed by atoms with Gasteiger partial charge < -0.3 is 25.0 Å². The number of nitrogens with zero attached hydrogens (tertiary/aromatic N) is 2. The van der Waals surface area contributed by atoms with Crippen LogP contribution in [0.3, 0.4) is 0 Å². The molecule has 0 aromatic heterocycles. The third-order valence-electron chi connectivity index (χ3n) is 3.74. The Hall–Kier alpha value is -1.26. The van der Waals surface area contributed by atoms with Crippen LogP contribution in [0.25, 0.3) is 0 Å². The van der Waals surface area contributed by atoms with Gasteiger partial charge in [-0.25, -0.2) is 4.79 Å². The number of carbonyl (C=O) groups excluding carboxylic acids is 2. The van der Waals surface area contributed by atoms with Crippen LogP contribution in [0.4, 0.5) is 4.79 Å². The second-order valence-electron chi connectivity index (χ2n) is 5.51. The first kappa shape index (κ1) is 23.7. The van der Waals surface area contributed by atoms with Gasteiger partial charge in [-0.15, -0.1) is 24.0 Å². The second kappa shape index (κ2) is 14.0. The van der Waals surface area contributed by atoms with Crippen molar-refractivity contribution in [1.82, 2.24) is 15.5 Å². The summed E-state index contributed by atoms with van der Waals surface area (Å²) in [5, 5.41) is 6.55. The number of aliphatic imine (C=N–C) groups is 1. The maximum Gasteiger partial charge on any atom is 0.409 e. The fourth-order valence-electron chi connectivity index (χ4n) is 2.48. The SMILES string of the molecule is CCOC(=O)CCCNC(=NC)NC1CCN(C(=O)OCC)CC1.I. The van der Waals surface area contributed by atoms with E-state index in [2.05, 4.69) is 15.6 Å². The molecule has 0 aliphatic carbocycles. The summed E-state index contributed by atoms with van der Waals surface area (Å²) in [6, 6.07) is 0.270. The summed E-state index contributed by atoms with van der Waals surface area (Å²) in [7, 11) is 1.72. The average molecular weight is 470 g/mol. The second-order valence-corrected chi connectivity index (χ2v) is 5.51. The van der Waals surface area contributed by atoms with E-state index < -0.39 is 0 Å². The van der Waals surface area contributed by atoms with Crippen LogP contribution in [0.5, 0.6) is 0 Å². The first-order valence-electron chi connectivity index (χ1n) is 8.65. The molecule has 1 fully saturated rings. The predicted molar refractivity (Wildman–Crippen MR) is 107 cm³/mol. The lowest BCUT2D eigenvalue weighted by atomic mass is 10.1. The summed E-state index contributed by atoms with van der Waals surface area (Å²) in [5.74, 6) is 0.544. The molecule has 1 aliphatic rings. The van der Waals surface area contributed by atoms with Crippen molar-refractivity contribution in [3.05, 3.63) is 0 Å². The Bertz CT molecular complexity index is 426. The van der Waals surface area contributed by atoms with E-state index >= 15 is 0 Å². The van der Waals surface area contributed by atoms with Gasteiger partial charge >= 0.3 is 12.1 Å². The number of halogens is 1. The summed E-state index contributed by atoms with van der Waals surface area (Å²) in [4.78, 5) is 28.9.